The number of carboxylic acid groups (broad SMARTS) is 1. The number of nitrogens with two attached hydrogens (primary N) is 1. The van der Waals surface area contributed by atoms with Crippen molar-refractivity contribution in [3.63, 3.8) is 0 Å². The van der Waals surface area contributed by atoms with Gasteiger partial charge in [-0.1, -0.05) is 6.07 Å². The van der Waals surface area contributed by atoms with Crippen LogP contribution in [0, 0.1) is 5.41 Å². The number of hydrogen-bond donors (Lipinski definition) is 5. The monoisotopic (exact) mass is 465 g/mol. The maximum absolute atomic E-state index is 13.2. The smallest absolute Gasteiger partial charge is 0.317 e. The van der Waals surface area contributed by atoms with E-state index in [0.29, 0.717) is 29.7 Å². The molecule has 3 aromatic rings. The first-order valence-electron chi connectivity index (χ1n) is 10.9. The van der Waals surface area contributed by atoms with Crippen LogP contribution in [0.5, 0.6) is 0 Å². The molecule has 34 heavy (non-hydrogen) atoms. The van der Waals surface area contributed by atoms with Gasteiger partial charge in [0.1, 0.15) is 17.2 Å². The first kappa shape index (κ1) is 24.7. The van der Waals surface area contributed by atoms with Crippen LogP contribution in [-0.4, -0.2) is 57.4 Å². The second kappa shape index (κ2) is 9.92. The number of likely N-dealkylation sites (N-methyl/N-ethyl adjacent to an activating group) is 1. The van der Waals surface area contributed by atoms with Gasteiger partial charge in [0, 0.05) is 31.9 Å². The second-order valence-corrected chi connectivity index (χ2v) is 8.33. The van der Waals surface area contributed by atoms with E-state index in [1.54, 1.807) is 31.0 Å². The van der Waals surface area contributed by atoms with Crippen LogP contribution in [-0.2, 0) is 28.7 Å². The molecule has 10 heteroatoms. The largest absolute Gasteiger partial charge is 0.480 e. The van der Waals surface area contributed by atoms with E-state index in [4.69, 9.17) is 16.1 Å². The number of benzene rings is 2. The third kappa shape index (κ3) is 5.01. The second-order valence-electron chi connectivity index (χ2n) is 8.33. The number of carbonyl (C=O) groups excluding carboxylic acids is 1. The Morgan fingerprint density at radius 1 is 1.24 bits per heavy atom. The number of aromatic nitrogens is 2. The van der Waals surface area contributed by atoms with Gasteiger partial charge in [0.25, 0.3) is 0 Å². The lowest BCUT2D eigenvalue weighted by molar-refractivity contribution is -0.139. The van der Waals surface area contributed by atoms with Crippen molar-refractivity contribution in [1.82, 2.24) is 19.8 Å². The highest BCUT2D eigenvalue weighted by atomic mass is 16.4. The normalized spacial score (nSPS) is 12.8. The molecule has 0 aliphatic heterocycles. The molecule has 1 amide bonds. The minimum Gasteiger partial charge on any atom is -0.480 e. The standard InChI is InChI=1S/C24H31N7O3/c1-5-30(3)23(34)24(2,28-14-21(32)33)16-8-11-19-18(12-16)29-20(31(19)4)13-27-17-9-6-15(7-10-17)22(25)26/h6-12,27-28H,5,13-14H2,1-4H3,(H3,25,26)(H,32,33). The van der Waals surface area contributed by atoms with Crippen molar-refractivity contribution >= 4 is 34.4 Å². The Labute approximate surface area is 198 Å². The van der Waals surface area contributed by atoms with Crippen LogP contribution in [0.3, 0.4) is 0 Å². The van der Waals surface area contributed by atoms with Gasteiger partial charge in [-0.3, -0.25) is 20.3 Å². The molecule has 1 aromatic heterocycles. The third-order valence-corrected chi connectivity index (χ3v) is 6.04. The number of anilines is 1. The summed E-state index contributed by atoms with van der Waals surface area (Å²) in [6.07, 6.45) is 0. The molecule has 2 aromatic carbocycles. The molecule has 0 aliphatic carbocycles. The topological polar surface area (TPSA) is 149 Å². The SMILES string of the molecule is CCN(C)C(=O)C(C)(NCC(=O)O)c1ccc2c(c1)nc(CNc1ccc(C(=N)N)cc1)n2C. The number of fused-ring (bicyclic) bond motifs is 1. The summed E-state index contributed by atoms with van der Waals surface area (Å²) in [5.74, 6) is -0.449. The first-order valence-corrected chi connectivity index (χ1v) is 10.9. The number of rotatable bonds is 10. The molecule has 6 N–H and O–H groups in total. The molecule has 180 valence electrons. The van der Waals surface area contributed by atoms with Crippen molar-refractivity contribution in [2.24, 2.45) is 12.8 Å². The Morgan fingerprint density at radius 2 is 1.91 bits per heavy atom. The third-order valence-electron chi connectivity index (χ3n) is 6.04. The number of hydrogen-bond acceptors (Lipinski definition) is 6. The Hall–Kier alpha value is -3.92. The summed E-state index contributed by atoms with van der Waals surface area (Å²) in [5.41, 5.74) is 8.06. The predicted molar refractivity (Wildman–Crippen MR) is 132 cm³/mol. The highest BCUT2D eigenvalue weighted by Gasteiger charge is 2.37. The Bertz CT molecular complexity index is 1220. The maximum atomic E-state index is 13.2. The van der Waals surface area contributed by atoms with Gasteiger partial charge in [-0.25, -0.2) is 4.98 Å². The van der Waals surface area contributed by atoms with Crippen LogP contribution in [0.1, 0.15) is 30.8 Å². The zero-order valence-corrected chi connectivity index (χ0v) is 19.8. The van der Waals surface area contributed by atoms with Gasteiger partial charge in [-0.15, -0.1) is 0 Å². The minimum atomic E-state index is -1.22. The molecule has 1 atom stereocenters. The first-order chi connectivity index (χ1) is 16.1. The zero-order chi connectivity index (χ0) is 25.0. The van der Waals surface area contributed by atoms with E-state index in [-0.39, 0.29) is 18.3 Å². The average molecular weight is 466 g/mol. The number of carbonyl (C=O) groups is 2. The van der Waals surface area contributed by atoms with E-state index in [1.807, 2.05) is 48.9 Å². The molecule has 1 unspecified atom stereocenters. The average Bonchev–Trinajstić information content (AvgIpc) is 3.15. The number of aliphatic carboxylic acids is 1. The number of carboxylic acids is 1. The molecule has 0 bridgehead atoms. The van der Waals surface area contributed by atoms with Gasteiger partial charge in [0.15, 0.2) is 0 Å². The fraction of sp³-hybridized carbons (Fsp3) is 0.333. The number of nitrogens with one attached hydrogen (secondary N) is 3. The van der Waals surface area contributed by atoms with E-state index in [0.717, 1.165) is 17.0 Å². The number of nitrogens with zero attached hydrogens (tertiary/aromatic N) is 3. The fourth-order valence-corrected chi connectivity index (χ4v) is 3.75. The van der Waals surface area contributed by atoms with Crippen molar-refractivity contribution in [3.8, 4) is 0 Å². The molecule has 3 rings (SSSR count). The number of amidine groups is 1. The maximum Gasteiger partial charge on any atom is 0.317 e. The number of amides is 1. The fourth-order valence-electron chi connectivity index (χ4n) is 3.75. The summed E-state index contributed by atoms with van der Waals surface area (Å²) in [6.45, 7) is 4.17. The lowest BCUT2D eigenvalue weighted by Crippen LogP contribution is -2.54. The predicted octanol–water partition coefficient (Wildman–Crippen LogP) is 1.84. The van der Waals surface area contributed by atoms with Gasteiger partial charge >= 0.3 is 5.97 Å². The summed E-state index contributed by atoms with van der Waals surface area (Å²) in [7, 11) is 3.61. The van der Waals surface area contributed by atoms with E-state index in [9.17, 15) is 14.7 Å². The molecule has 10 nitrogen and oxygen atoms in total. The van der Waals surface area contributed by atoms with E-state index in [1.165, 1.54) is 0 Å². The van der Waals surface area contributed by atoms with E-state index >= 15 is 0 Å². The van der Waals surface area contributed by atoms with Gasteiger partial charge < -0.3 is 25.6 Å². The molecule has 0 radical (unpaired) electrons. The van der Waals surface area contributed by atoms with Gasteiger partial charge in [0.2, 0.25) is 5.91 Å². The van der Waals surface area contributed by atoms with Gasteiger partial charge in [-0.2, -0.15) is 0 Å². The van der Waals surface area contributed by atoms with Crippen LogP contribution < -0.4 is 16.4 Å². The van der Waals surface area contributed by atoms with Gasteiger partial charge in [0.05, 0.1) is 24.1 Å². The summed E-state index contributed by atoms with van der Waals surface area (Å²) < 4.78 is 1.97. The highest BCUT2D eigenvalue weighted by Crippen LogP contribution is 2.27. The van der Waals surface area contributed by atoms with Crippen molar-refractivity contribution in [1.29, 1.82) is 5.41 Å². The zero-order valence-electron chi connectivity index (χ0n) is 19.8. The quantitative estimate of drug-likeness (QED) is 0.226. The van der Waals surface area contributed by atoms with Crippen LogP contribution in [0.2, 0.25) is 0 Å². The summed E-state index contributed by atoms with van der Waals surface area (Å²) in [6, 6.07) is 12.8. The minimum absolute atomic E-state index is 0.0196. The van der Waals surface area contributed by atoms with Crippen molar-refractivity contribution in [2.45, 2.75) is 25.9 Å². The van der Waals surface area contributed by atoms with Crippen LogP contribution >= 0.6 is 0 Å². The lowest BCUT2D eigenvalue weighted by atomic mass is 9.89. The molecule has 0 aliphatic rings. The molecule has 1 heterocycles. The molecule has 0 fully saturated rings. The summed E-state index contributed by atoms with van der Waals surface area (Å²) >= 11 is 0. The molecule has 0 saturated heterocycles. The van der Waals surface area contributed by atoms with Crippen LogP contribution in [0.25, 0.3) is 11.0 Å². The number of imidazole rings is 1. The summed E-state index contributed by atoms with van der Waals surface area (Å²) in [4.78, 5) is 30.7. The van der Waals surface area contributed by atoms with Crippen molar-refractivity contribution in [2.75, 3.05) is 25.5 Å². The molecule has 0 saturated carbocycles. The van der Waals surface area contributed by atoms with Crippen molar-refractivity contribution < 1.29 is 14.7 Å². The Kier molecular flexibility index (Phi) is 7.21. The molecule has 0 spiro atoms. The van der Waals surface area contributed by atoms with E-state index in [2.05, 4.69) is 10.6 Å². The van der Waals surface area contributed by atoms with Gasteiger partial charge in [-0.05, 0) is 55.8 Å². The Balaban J connectivity index is 1.89. The lowest BCUT2D eigenvalue weighted by Gasteiger charge is -2.33. The number of nitrogen functional groups attached to an aromatic ring is 1. The van der Waals surface area contributed by atoms with E-state index < -0.39 is 11.5 Å². The number of aryl methyl sites for hydroxylation is 1. The highest BCUT2D eigenvalue weighted by molar-refractivity contribution is 5.95. The molecular formula is C24H31N7O3. The van der Waals surface area contributed by atoms with Crippen LogP contribution in [0.15, 0.2) is 42.5 Å². The van der Waals surface area contributed by atoms with Crippen LogP contribution in [0.4, 0.5) is 5.69 Å². The van der Waals surface area contributed by atoms with Crippen molar-refractivity contribution in [3.05, 3.63) is 59.4 Å². The molecular weight excluding hydrogens is 434 g/mol. The summed E-state index contributed by atoms with van der Waals surface area (Å²) in [5, 5.41) is 22.9. The Morgan fingerprint density at radius 3 is 2.50 bits per heavy atom.